The van der Waals surface area contributed by atoms with Crippen molar-refractivity contribution in [2.45, 2.75) is 35.3 Å². The van der Waals surface area contributed by atoms with Gasteiger partial charge in [0.2, 0.25) is 0 Å². The van der Waals surface area contributed by atoms with Gasteiger partial charge in [-0.15, -0.1) is 6.58 Å². The molecule has 2 aromatic carbocycles. The van der Waals surface area contributed by atoms with Crippen LogP contribution in [-0.2, 0) is 20.4 Å². The lowest BCUT2D eigenvalue weighted by molar-refractivity contribution is -0.149. The van der Waals surface area contributed by atoms with E-state index in [1.165, 1.54) is 0 Å². The van der Waals surface area contributed by atoms with Gasteiger partial charge >= 0.3 is 6.03 Å². The maximum atomic E-state index is 13.8. The molecule has 6 heteroatoms. The third kappa shape index (κ3) is 1.75. The van der Waals surface area contributed by atoms with Crippen molar-refractivity contribution < 1.29 is 14.4 Å². The summed E-state index contributed by atoms with van der Waals surface area (Å²) in [5, 5.41) is 4.87. The Morgan fingerprint density at radius 2 is 1.48 bits per heavy atom. The van der Waals surface area contributed by atoms with Crippen LogP contribution in [0.3, 0.4) is 0 Å². The molecule has 4 amide bonds. The van der Waals surface area contributed by atoms with E-state index >= 15 is 0 Å². The van der Waals surface area contributed by atoms with Crippen molar-refractivity contribution in [3.63, 3.8) is 0 Å². The van der Waals surface area contributed by atoms with Crippen LogP contribution in [0.5, 0.6) is 0 Å². The van der Waals surface area contributed by atoms with E-state index in [0.29, 0.717) is 6.54 Å². The summed E-state index contributed by atoms with van der Waals surface area (Å²) in [5.74, 6) is -1.19. The van der Waals surface area contributed by atoms with E-state index in [2.05, 4.69) is 34.2 Å². The van der Waals surface area contributed by atoms with Gasteiger partial charge in [0, 0.05) is 23.9 Å². The number of hydrogen-bond donors (Lipinski definition) is 2. The molecule has 3 heterocycles. The topological polar surface area (TPSA) is 78.5 Å². The van der Waals surface area contributed by atoms with E-state index in [-0.39, 0.29) is 12.0 Å². The summed E-state index contributed by atoms with van der Waals surface area (Å²) in [6.45, 7) is 4.79. The smallest absolute Gasteiger partial charge is 0.277 e. The van der Waals surface area contributed by atoms with Crippen molar-refractivity contribution in [3.8, 4) is 0 Å². The summed E-state index contributed by atoms with van der Waals surface area (Å²) in [5.41, 5.74) is -0.821. The number of urea groups is 1. The Bertz CT molecular complexity index is 1110. The van der Waals surface area contributed by atoms with E-state index in [4.69, 9.17) is 0 Å². The van der Waals surface area contributed by atoms with E-state index in [1.54, 1.807) is 0 Å². The summed E-state index contributed by atoms with van der Waals surface area (Å²) in [7, 11) is 0. The Morgan fingerprint density at radius 1 is 0.903 bits per heavy atom. The number of nitrogens with zero attached hydrogens (tertiary/aromatic N) is 1. The van der Waals surface area contributed by atoms with Crippen LogP contribution in [0.15, 0.2) is 73.3 Å². The minimum atomic E-state index is -1.52. The number of imide groups is 2. The highest BCUT2D eigenvalue weighted by Gasteiger charge is 2.96. The van der Waals surface area contributed by atoms with Crippen molar-refractivity contribution in [1.82, 2.24) is 15.5 Å². The number of amides is 4. The van der Waals surface area contributed by atoms with Gasteiger partial charge in [0.05, 0.1) is 5.41 Å². The van der Waals surface area contributed by atoms with Crippen molar-refractivity contribution in [3.05, 3.63) is 84.4 Å². The second kappa shape index (κ2) is 5.92. The Morgan fingerprint density at radius 3 is 2.06 bits per heavy atom. The van der Waals surface area contributed by atoms with Crippen LogP contribution in [0.4, 0.5) is 4.79 Å². The second-order valence-electron chi connectivity index (χ2n) is 8.92. The lowest BCUT2D eigenvalue weighted by Crippen LogP contribution is -2.76. The zero-order valence-electron chi connectivity index (χ0n) is 17.0. The predicted molar refractivity (Wildman–Crippen MR) is 114 cm³/mol. The molecule has 31 heavy (non-hydrogen) atoms. The molecule has 1 saturated carbocycles. The third-order valence-electron chi connectivity index (χ3n) is 8.13. The number of benzene rings is 2. The largest absolute Gasteiger partial charge is 0.328 e. The number of carbonyl (C=O) groups is 3. The molecule has 0 bridgehead atoms. The highest BCUT2D eigenvalue weighted by Crippen LogP contribution is 2.83. The standard InChI is InChI=1S/C25H23N3O3/c1-2-18-23(16-10-5-3-6-11-16)19-14-9-15-28(19)25(20(29)26-22(31)27-21(25)30)24(18,23)17-12-7-4-8-13-17/h2-8,10-13,18-19H,1,9,14-15H2,(H2,26,27,29,30,31)/t18-,19+,23+,24+/m0/s1. The Balaban J connectivity index is 1.74. The monoisotopic (exact) mass is 413 g/mol. The predicted octanol–water partition coefficient (Wildman–Crippen LogP) is 2.26. The molecule has 1 aliphatic carbocycles. The van der Waals surface area contributed by atoms with Gasteiger partial charge in [-0.25, -0.2) is 4.79 Å². The molecule has 2 aromatic rings. The van der Waals surface area contributed by atoms with Gasteiger partial charge in [0.15, 0.2) is 5.54 Å². The summed E-state index contributed by atoms with van der Waals surface area (Å²) < 4.78 is 0. The number of hydrogen-bond acceptors (Lipinski definition) is 4. The van der Waals surface area contributed by atoms with Crippen molar-refractivity contribution in [2.24, 2.45) is 5.92 Å². The number of piperidine rings is 1. The normalized spacial score (nSPS) is 35.3. The highest BCUT2D eigenvalue weighted by atomic mass is 16.2. The van der Waals surface area contributed by atoms with Crippen LogP contribution < -0.4 is 10.6 Å². The fourth-order valence-corrected chi connectivity index (χ4v) is 7.53. The molecule has 156 valence electrons. The fourth-order valence-electron chi connectivity index (χ4n) is 7.53. The van der Waals surface area contributed by atoms with Crippen LogP contribution in [0.2, 0.25) is 0 Å². The Hall–Kier alpha value is -3.25. The van der Waals surface area contributed by atoms with E-state index in [0.717, 1.165) is 24.0 Å². The molecule has 0 unspecified atom stereocenters. The molecule has 1 spiro atoms. The molecule has 6 nitrogen and oxygen atoms in total. The molecule has 2 N–H and O–H groups in total. The molecule has 0 aromatic heterocycles. The zero-order chi connectivity index (χ0) is 21.4. The third-order valence-corrected chi connectivity index (χ3v) is 8.13. The summed E-state index contributed by atoms with van der Waals surface area (Å²) in [4.78, 5) is 41.7. The highest BCUT2D eigenvalue weighted by molar-refractivity contribution is 6.25. The van der Waals surface area contributed by atoms with Crippen molar-refractivity contribution in [1.29, 1.82) is 0 Å². The molecular formula is C25H23N3O3. The first kappa shape index (κ1) is 18.5. The average molecular weight is 413 g/mol. The first-order valence-corrected chi connectivity index (χ1v) is 10.7. The Labute approximate surface area is 180 Å². The van der Waals surface area contributed by atoms with Crippen LogP contribution >= 0.6 is 0 Å². The van der Waals surface area contributed by atoms with Crippen molar-refractivity contribution in [2.75, 3.05) is 6.54 Å². The Kier molecular flexibility index (Phi) is 3.53. The lowest BCUT2D eigenvalue weighted by Gasteiger charge is -2.45. The quantitative estimate of drug-likeness (QED) is 0.598. The molecule has 3 aliphatic heterocycles. The molecule has 4 aliphatic rings. The minimum absolute atomic E-state index is 0.0113. The summed E-state index contributed by atoms with van der Waals surface area (Å²) in [6, 6.07) is 19.2. The molecule has 6 rings (SSSR count). The SMILES string of the molecule is C=C[C@H]1[C@]2(c3ccccc3)[C@H]3CCCN3C3(C(=O)NC(=O)NC3=O)[C@]12c1ccccc1. The minimum Gasteiger partial charge on any atom is -0.277 e. The number of barbiturate groups is 1. The van der Waals surface area contributed by atoms with Crippen LogP contribution in [0.1, 0.15) is 24.0 Å². The first-order chi connectivity index (χ1) is 15.1. The average Bonchev–Trinajstić information content (AvgIpc) is 3.03. The molecule has 4 atom stereocenters. The number of nitrogens with one attached hydrogen (secondary N) is 2. The number of fused-ring (bicyclic) bond motifs is 5. The fraction of sp³-hybridized carbons (Fsp3) is 0.320. The maximum Gasteiger partial charge on any atom is 0.328 e. The van der Waals surface area contributed by atoms with Crippen LogP contribution in [0.25, 0.3) is 0 Å². The first-order valence-electron chi connectivity index (χ1n) is 10.7. The van der Waals surface area contributed by atoms with E-state index in [9.17, 15) is 14.4 Å². The lowest BCUT2D eigenvalue weighted by atomic mass is 9.68. The number of rotatable bonds is 3. The van der Waals surface area contributed by atoms with Crippen molar-refractivity contribution >= 4 is 17.8 Å². The van der Waals surface area contributed by atoms with Gasteiger partial charge in [-0.3, -0.25) is 25.1 Å². The van der Waals surface area contributed by atoms with E-state index in [1.807, 2.05) is 54.6 Å². The maximum absolute atomic E-state index is 13.8. The zero-order valence-corrected chi connectivity index (χ0v) is 17.0. The second-order valence-corrected chi connectivity index (χ2v) is 8.92. The number of carbonyl (C=O) groups excluding carboxylic acids is 3. The molecule has 4 fully saturated rings. The molecule has 0 radical (unpaired) electrons. The number of allylic oxidation sites excluding steroid dienone is 1. The van der Waals surface area contributed by atoms with Gasteiger partial charge in [-0.05, 0) is 24.0 Å². The van der Waals surface area contributed by atoms with E-state index < -0.39 is 34.2 Å². The van der Waals surface area contributed by atoms with Gasteiger partial charge < -0.3 is 0 Å². The molecule has 3 saturated heterocycles. The van der Waals surface area contributed by atoms with Gasteiger partial charge in [0.25, 0.3) is 11.8 Å². The summed E-state index contributed by atoms with van der Waals surface area (Å²) >= 11 is 0. The van der Waals surface area contributed by atoms with Crippen LogP contribution in [0, 0.1) is 5.92 Å². The summed E-state index contributed by atoms with van der Waals surface area (Å²) in [6.07, 6.45) is 3.68. The van der Waals surface area contributed by atoms with Crippen LogP contribution in [-0.4, -0.2) is 40.9 Å². The van der Waals surface area contributed by atoms with Gasteiger partial charge in [0.1, 0.15) is 0 Å². The van der Waals surface area contributed by atoms with Gasteiger partial charge in [-0.1, -0.05) is 66.7 Å². The molecular weight excluding hydrogens is 390 g/mol. The van der Waals surface area contributed by atoms with Gasteiger partial charge in [-0.2, -0.15) is 0 Å².